The molecule has 0 radical (unpaired) electrons. The Bertz CT molecular complexity index is 970. The maximum absolute atomic E-state index is 13.0. The fourth-order valence-electron chi connectivity index (χ4n) is 2.69. The average Bonchev–Trinajstić information content (AvgIpc) is 2.58. The first-order chi connectivity index (χ1) is 11.6. The van der Waals surface area contributed by atoms with Crippen LogP contribution in [0.2, 0.25) is 0 Å². The minimum atomic E-state index is -2.20. The van der Waals surface area contributed by atoms with Gasteiger partial charge in [0, 0.05) is 14.8 Å². The van der Waals surface area contributed by atoms with Crippen LogP contribution < -0.4 is 11.3 Å². The summed E-state index contributed by atoms with van der Waals surface area (Å²) in [7, 11) is 0. The van der Waals surface area contributed by atoms with Crippen LogP contribution in [0.25, 0.3) is 10.9 Å². The van der Waals surface area contributed by atoms with Crippen molar-refractivity contribution < 1.29 is 13.7 Å². The molecule has 1 aliphatic carbocycles. The van der Waals surface area contributed by atoms with Gasteiger partial charge in [0.25, 0.3) is 5.56 Å². The normalized spacial score (nSPS) is 27.0. The first-order valence-corrected chi connectivity index (χ1v) is 6.93. The van der Waals surface area contributed by atoms with Crippen molar-refractivity contribution in [2.75, 3.05) is 5.73 Å². The van der Waals surface area contributed by atoms with Gasteiger partial charge in [0.15, 0.2) is 5.78 Å². The summed E-state index contributed by atoms with van der Waals surface area (Å²) < 4.78 is 25.0. The summed E-state index contributed by atoms with van der Waals surface area (Å²) in [6.07, 6.45) is -3.55. The summed E-state index contributed by atoms with van der Waals surface area (Å²) in [5.74, 6) is -1.55. The lowest BCUT2D eigenvalue weighted by Crippen LogP contribution is -2.32. The van der Waals surface area contributed by atoms with Gasteiger partial charge in [-0.3, -0.25) is 19.0 Å². The first kappa shape index (κ1) is 11.1. The van der Waals surface area contributed by atoms with Crippen LogP contribution in [0.4, 0.5) is 5.69 Å². The van der Waals surface area contributed by atoms with Crippen molar-refractivity contribution in [3.05, 3.63) is 34.4 Å². The molecule has 2 N–H and O–H groups in total. The summed E-state index contributed by atoms with van der Waals surface area (Å²) in [6, 6.07) is 2.69. The third kappa shape index (κ3) is 2.30. The molecule has 2 aromatic rings. The lowest BCUT2D eigenvalue weighted by Gasteiger charge is -2.19. The number of hydrogen-bond acceptors (Lipinski definition) is 5. The summed E-state index contributed by atoms with van der Waals surface area (Å²) in [6.45, 7) is 1.49. The predicted octanol–water partition coefficient (Wildman–Crippen LogP) is 1.54. The standard InChI is InChI=1S/C16H17N3O3/c1-9-18-12-6-3-5-11(17)15(12)16(22)19(9)13-7-2-4-10(20)8-14(13)21/h3,5-6,13H,2,4,7-8,17H2,1H3/i4D2,13D. The van der Waals surface area contributed by atoms with Gasteiger partial charge in [-0.15, -0.1) is 0 Å². The number of nitrogens with two attached hydrogens (primary N) is 1. The minimum absolute atomic E-state index is 0.103. The maximum atomic E-state index is 13.0. The van der Waals surface area contributed by atoms with E-state index in [1.165, 1.54) is 13.0 Å². The molecule has 22 heavy (non-hydrogen) atoms. The van der Waals surface area contributed by atoms with Crippen molar-refractivity contribution in [2.24, 2.45) is 0 Å². The first-order valence-electron chi connectivity index (χ1n) is 8.43. The molecule has 6 heteroatoms. The monoisotopic (exact) mass is 302 g/mol. The minimum Gasteiger partial charge on any atom is -0.398 e. The lowest BCUT2D eigenvalue weighted by atomic mass is 10.1. The van der Waals surface area contributed by atoms with E-state index in [2.05, 4.69) is 4.98 Å². The predicted molar refractivity (Wildman–Crippen MR) is 82.7 cm³/mol. The summed E-state index contributed by atoms with van der Waals surface area (Å²) in [4.78, 5) is 41.7. The molecule has 1 unspecified atom stereocenters. The van der Waals surface area contributed by atoms with Gasteiger partial charge in [-0.05, 0) is 31.9 Å². The van der Waals surface area contributed by atoms with Crippen LogP contribution in [0.1, 0.15) is 41.6 Å². The van der Waals surface area contributed by atoms with Crippen molar-refractivity contribution in [2.45, 2.75) is 38.6 Å². The van der Waals surface area contributed by atoms with E-state index in [-0.39, 0.29) is 29.7 Å². The van der Waals surface area contributed by atoms with Crippen LogP contribution in [-0.4, -0.2) is 21.1 Å². The molecule has 3 rings (SSSR count). The van der Waals surface area contributed by atoms with E-state index in [0.29, 0.717) is 5.52 Å². The Morgan fingerprint density at radius 2 is 2.18 bits per heavy atom. The second-order valence-electron chi connectivity index (χ2n) is 5.19. The average molecular weight is 302 g/mol. The molecule has 1 aromatic carbocycles. The van der Waals surface area contributed by atoms with Crippen LogP contribution in [0.5, 0.6) is 0 Å². The molecule has 6 nitrogen and oxygen atoms in total. The summed E-state index contributed by atoms with van der Waals surface area (Å²) >= 11 is 0. The molecular weight excluding hydrogens is 282 g/mol. The Hall–Kier alpha value is -2.50. The number of aryl methyl sites for hydroxylation is 1. The zero-order valence-electron chi connectivity index (χ0n) is 15.0. The van der Waals surface area contributed by atoms with Gasteiger partial charge in [-0.2, -0.15) is 0 Å². The van der Waals surface area contributed by atoms with Crippen LogP contribution in [0, 0.1) is 6.92 Å². The number of ketones is 2. The quantitative estimate of drug-likeness (QED) is 0.490. The highest BCUT2D eigenvalue weighted by Gasteiger charge is 2.28. The highest BCUT2D eigenvalue weighted by molar-refractivity contribution is 6.01. The van der Waals surface area contributed by atoms with Crippen LogP contribution in [0.15, 0.2) is 23.0 Å². The maximum Gasteiger partial charge on any atom is 0.264 e. The molecule has 1 heterocycles. The molecular formula is C16H17N3O3. The van der Waals surface area contributed by atoms with Crippen molar-refractivity contribution in [1.82, 2.24) is 9.55 Å². The SMILES string of the molecule is [2H]C1([2H])CCC([2H])(n2c(C)nc3cccc(N)c3c2=O)C(=O)CC1=O. The van der Waals surface area contributed by atoms with Gasteiger partial charge >= 0.3 is 0 Å². The van der Waals surface area contributed by atoms with E-state index < -0.39 is 35.9 Å². The van der Waals surface area contributed by atoms with Crippen molar-refractivity contribution in [1.29, 1.82) is 0 Å². The van der Waals surface area contributed by atoms with Gasteiger partial charge in [-0.1, -0.05) is 6.07 Å². The molecule has 0 saturated heterocycles. The Morgan fingerprint density at radius 3 is 2.95 bits per heavy atom. The number of carbonyl (C=O) groups is 2. The third-order valence-corrected chi connectivity index (χ3v) is 3.69. The number of hydrogen-bond donors (Lipinski definition) is 1. The van der Waals surface area contributed by atoms with E-state index in [1.807, 2.05) is 0 Å². The van der Waals surface area contributed by atoms with E-state index in [9.17, 15) is 14.4 Å². The molecule has 1 fully saturated rings. The topological polar surface area (TPSA) is 95.1 Å². The molecule has 1 aliphatic rings. The summed E-state index contributed by atoms with van der Waals surface area (Å²) in [5.41, 5.74) is 5.76. The Kier molecular flexibility index (Phi) is 2.71. The zero-order chi connectivity index (χ0) is 18.6. The number of anilines is 1. The fraction of sp³-hybridized carbons (Fsp3) is 0.375. The number of carbonyl (C=O) groups excluding carboxylic acids is 2. The van der Waals surface area contributed by atoms with Crippen molar-refractivity contribution in [3.8, 4) is 0 Å². The number of nitrogens with zero attached hydrogens (tertiary/aromatic N) is 2. The number of nitrogen functional groups attached to an aromatic ring is 1. The largest absolute Gasteiger partial charge is 0.398 e. The van der Waals surface area contributed by atoms with Gasteiger partial charge in [0.1, 0.15) is 11.6 Å². The molecule has 0 bridgehead atoms. The molecule has 1 atom stereocenters. The van der Waals surface area contributed by atoms with Crippen molar-refractivity contribution >= 4 is 28.2 Å². The highest BCUT2D eigenvalue weighted by atomic mass is 16.2. The van der Waals surface area contributed by atoms with Gasteiger partial charge in [0.05, 0.1) is 24.7 Å². The molecule has 114 valence electrons. The number of Topliss-reactive ketones (excluding diaryl/α,β-unsaturated/α-hetero) is 2. The van der Waals surface area contributed by atoms with E-state index in [4.69, 9.17) is 9.85 Å². The molecule has 0 amide bonds. The van der Waals surface area contributed by atoms with Gasteiger partial charge < -0.3 is 5.73 Å². The van der Waals surface area contributed by atoms with Crippen molar-refractivity contribution in [3.63, 3.8) is 0 Å². The third-order valence-electron chi connectivity index (χ3n) is 3.69. The van der Waals surface area contributed by atoms with Crippen LogP contribution in [-0.2, 0) is 9.59 Å². The molecule has 1 saturated carbocycles. The van der Waals surface area contributed by atoms with E-state index in [0.717, 1.165) is 4.57 Å². The fourth-order valence-corrected chi connectivity index (χ4v) is 2.69. The van der Waals surface area contributed by atoms with Gasteiger partial charge in [-0.25, -0.2) is 4.98 Å². The molecule has 1 aromatic heterocycles. The highest BCUT2D eigenvalue weighted by Crippen LogP contribution is 2.24. The number of aromatic nitrogens is 2. The van der Waals surface area contributed by atoms with Crippen LogP contribution in [0.3, 0.4) is 0 Å². The number of benzene rings is 1. The zero-order valence-corrected chi connectivity index (χ0v) is 12.0. The lowest BCUT2D eigenvalue weighted by molar-refractivity contribution is -0.127. The number of rotatable bonds is 1. The molecule has 0 spiro atoms. The number of fused-ring (bicyclic) bond motifs is 1. The second-order valence-corrected chi connectivity index (χ2v) is 5.19. The summed E-state index contributed by atoms with van der Waals surface area (Å²) in [5, 5.41) is 0.103. The molecule has 0 aliphatic heterocycles. The van der Waals surface area contributed by atoms with E-state index in [1.54, 1.807) is 12.1 Å². The second kappa shape index (κ2) is 5.36. The van der Waals surface area contributed by atoms with E-state index >= 15 is 0 Å². The Morgan fingerprint density at radius 1 is 1.41 bits per heavy atom. The smallest absolute Gasteiger partial charge is 0.264 e. The Balaban J connectivity index is 2.28. The van der Waals surface area contributed by atoms with Gasteiger partial charge in [0.2, 0.25) is 0 Å². The van der Waals surface area contributed by atoms with Crippen LogP contribution >= 0.6 is 0 Å². The Labute approximate surface area is 131 Å².